The fraction of sp³-hybridized carbons (Fsp3) is 0.278. The Morgan fingerprint density at radius 3 is 1.89 bits per heavy atom. The molecule has 2 aromatic rings. The van der Waals surface area contributed by atoms with Crippen LogP contribution in [0.2, 0.25) is 5.02 Å². The van der Waals surface area contributed by atoms with Crippen molar-refractivity contribution in [2.45, 2.75) is 31.6 Å². The standard InChI is InChI=1S/C11H13ClO2.C7H8ClNO2S.Na.H/c1-7(2)10(11(13)14)8-3-5-9(12)6-4-8;1-6-2-4-7(5-3-6)12(10,11)9-8;;/h3-7,10H,1-2H3,(H,13,14);2-5,9H,1H3;;. The average molecular weight is 442 g/mol. The van der Waals surface area contributed by atoms with Crippen molar-refractivity contribution in [1.29, 1.82) is 0 Å². The molecule has 0 aliphatic carbocycles. The van der Waals surface area contributed by atoms with Crippen LogP contribution in [0.15, 0.2) is 53.4 Å². The van der Waals surface area contributed by atoms with Gasteiger partial charge in [-0.05, 0) is 54.4 Å². The van der Waals surface area contributed by atoms with Crippen LogP contribution in [0.5, 0.6) is 0 Å². The Labute approximate surface area is 192 Å². The van der Waals surface area contributed by atoms with Gasteiger partial charge in [0.2, 0.25) is 0 Å². The van der Waals surface area contributed by atoms with E-state index >= 15 is 0 Å². The van der Waals surface area contributed by atoms with Crippen LogP contribution in [-0.4, -0.2) is 49.1 Å². The van der Waals surface area contributed by atoms with Gasteiger partial charge in [0.1, 0.15) is 0 Å². The SMILES string of the molecule is CC(C)C(C(=O)O)c1ccc(Cl)cc1.Cc1ccc(S(=O)(=O)NCl)cc1.[NaH]. The molecule has 9 heteroatoms. The summed E-state index contributed by atoms with van der Waals surface area (Å²) in [6.45, 7) is 5.67. The number of sulfonamides is 1. The summed E-state index contributed by atoms with van der Waals surface area (Å²) in [5, 5.41) is 9.66. The molecule has 0 spiro atoms. The Kier molecular flexibility index (Phi) is 11.8. The molecule has 0 aliphatic heterocycles. The van der Waals surface area contributed by atoms with Crippen molar-refractivity contribution in [3.8, 4) is 0 Å². The van der Waals surface area contributed by atoms with Crippen LogP contribution in [0, 0.1) is 12.8 Å². The molecule has 1 unspecified atom stereocenters. The van der Waals surface area contributed by atoms with Crippen LogP contribution in [0.1, 0.15) is 30.9 Å². The second-order valence-corrected chi connectivity index (χ2v) is 8.54. The third-order valence-corrected chi connectivity index (χ3v) is 5.55. The molecule has 0 saturated heterocycles. The average Bonchev–Trinajstić information content (AvgIpc) is 2.57. The van der Waals surface area contributed by atoms with Gasteiger partial charge in [0.05, 0.1) is 10.8 Å². The van der Waals surface area contributed by atoms with E-state index in [0.717, 1.165) is 11.1 Å². The fourth-order valence-corrected chi connectivity index (χ4v) is 3.22. The van der Waals surface area contributed by atoms with E-state index < -0.39 is 21.9 Å². The number of carbonyl (C=O) groups is 1. The number of halogens is 2. The zero-order chi connectivity index (χ0) is 19.9. The van der Waals surface area contributed by atoms with Crippen molar-refractivity contribution in [2.24, 2.45) is 5.92 Å². The van der Waals surface area contributed by atoms with Gasteiger partial charge < -0.3 is 5.11 Å². The first-order valence-electron chi connectivity index (χ1n) is 7.76. The van der Waals surface area contributed by atoms with Gasteiger partial charge in [-0.2, -0.15) is 0 Å². The summed E-state index contributed by atoms with van der Waals surface area (Å²) >= 11 is 10.8. The maximum atomic E-state index is 11.1. The van der Waals surface area contributed by atoms with E-state index in [1.807, 2.05) is 20.8 Å². The van der Waals surface area contributed by atoms with Crippen molar-refractivity contribution >= 4 is 68.9 Å². The molecule has 1 atom stereocenters. The molecular formula is C18H22Cl2NNaO4S. The molecule has 2 aromatic carbocycles. The van der Waals surface area contributed by atoms with Crippen LogP contribution in [0.3, 0.4) is 0 Å². The second kappa shape index (κ2) is 12.1. The Hall–Kier alpha value is -0.600. The predicted molar refractivity (Wildman–Crippen MR) is 111 cm³/mol. The van der Waals surface area contributed by atoms with Crippen LogP contribution < -0.4 is 4.24 Å². The minimum absolute atomic E-state index is 0. The molecule has 0 saturated carbocycles. The monoisotopic (exact) mass is 441 g/mol. The Balaban J connectivity index is 0.000000488. The number of carboxylic acids is 1. The summed E-state index contributed by atoms with van der Waals surface area (Å²) in [5.74, 6) is -1.16. The molecule has 0 aromatic heterocycles. The van der Waals surface area contributed by atoms with Crippen molar-refractivity contribution in [3.63, 3.8) is 0 Å². The quantitative estimate of drug-likeness (QED) is 0.543. The molecule has 27 heavy (non-hydrogen) atoms. The number of carboxylic acid groups (broad SMARTS) is 1. The van der Waals surface area contributed by atoms with Crippen molar-refractivity contribution in [3.05, 3.63) is 64.7 Å². The topological polar surface area (TPSA) is 83.5 Å². The summed E-state index contributed by atoms with van der Waals surface area (Å²) in [4.78, 5) is 11.2. The molecule has 2 rings (SSSR count). The van der Waals surface area contributed by atoms with E-state index in [0.29, 0.717) is 5.02 Å². The molecule has 0 amide bonds. The van der Waals surface area contributed by atoms with Crippen LogP contribution in [0.4, 0.5) is 0 Å². The van der Waals surface area contributed by atoms with E-state index in [4.69, 9.17) is 28.5 Å². The Bertz CT molecular complexity index is 825. The number of hydrogen-bond donors (Lipinski definition) is 2. The summed E-state index contributed by atoms with van der Waals surface area (Å²) in [6, 6.07) is 13.4. The zero-order valence-corrected chi connectivity index (χ0v) is 16.9. The van der Waals surface area contributed by atoms with E-state index in [1.54, 1.807) is 40.6 Å². The first-order chi connectivity index (χ1) is 12.1. The number of rotatable bonds is 5. The summed E-state index contributed by atoms with van der Waals surface area (Å²) in [6.07, 6.45) is 0. The summed E-state index contributed by atoms with van der Waals surface area (Å²) < 4.78 is 23.9. The number of aryl methyl sites for hydroxylation is 1. The molecule has 0 radical (unpaired) electrons. The van der Waals surface area contributed by atoms with Gasteiger partial charge in [-0.15, -0.1) is 4.24 Å². The van der Waals surface area contributed by atoms with Gasteiger partial charge in [0, 0.05) is 5.02 Å². The first kappa shape index (κ1) is 26.4. The van der Waals surface area contributed by atoms with Crippen molar-refractivity contribution in [1.82, 2.24) is 4.24 Å². The second-order valence-electron chi connectivity index (χ2n) is 6.01. The van der Waals surface area contributed by atoms with Crippen LogP contribution >= 0.6 is 23.4 Å². The van der Waals surface area contributed by atoms with E-state index in [1.165, 1.54) is 12.1 Å². The molecular weight excluding hydrogens is 420 g/mol. The van der Waals surface area contributed by atoms with E-state index in [-0.39, 0.29) is 40.4 Å². The van der Waals surface area contributed by atoms with Gasteiger partial charge in [-0.3, -0.25) is 4.79 Å². The number of hydrogen-bond acceptors (Lipinski definition) is 3. The fourth-order valence-electron chi connectivity index (χ4n) is 2.24. The Morgan fingerprint density at radius 1 is 1.04 bits per heavy atom. The minimum atomic E-state index is -3.50. The predicted octanol–water partition coefficient (Wildman–Crippen LogP) is 3.94. The van der Waals surface area contributed by atoms with Gasteiger partial charge in [-0.1, -0.05) is 55.3 Å². The maximum absolute atomic E-state index is 11.1. The molecule has 0 heterocycles. The van der Waals surface area contributed by atoms with Gasteiger partial charge in [0.25, 0.3) is 10.0 Å². The Morgan fingerprint density at radius 2 is 1.52 bits per heavy atom. The molecule has 2 N–H and O–H groups in total. The molecule has 0 aliphatic rings. The normalized spacial score (nSPS) is 11.8. The first-order valence-corrected chi connectivity index (χ1v) is 9.99. The van der Waals surface area contributed by atoms with Crippen LogP contribution in [-0.2, 0) is 14.8 Å². The number of aliphatic carboxylic acids is 1. The molecule has 144 valence electrons. The van der Waals surface area contributed by atoms with Gasteiger partial charge in [-0.25, -0.2) is 8.42 Å². The van der Waals surface area contributed by atoms with Crippen LogP contribution in [0.25, 0.3) is 0 Å². The van der Waals surface area contributed by atoms with Crippen molar-refractivity contribution < 1.29 is 18.3 Å². The van der Waals surface area contributed by atoms with Gasteiger partial charge in [0.15, 0.2) is 0 Å². The number of benzene rings is 2. The third kappa shape index (κ3) is 8.52. The molecule has 0 fully saturated rings. The summed E-state index contributed by atoms with van der Waals surface area (Å²) in [5.41, 5.74) is 1.81. The van der Waals surface area contributed by atoms with E-state index in [2.05, 4.69) is 0 Å². The van der Waals surface area contributed by atoms with E-state index in [9.17, 15) is 13.2 Å². The number of nitrogens with one attached hydrogen (secondary N) is 1. The summed E-state index contributed by atoms with van der Waals surface area (Å²) in [7, 11) is -3.50. The molecule has 0 bridgehead atoms. The molecule has 5 nitrogen and oxygen atoms in total. The van der Waals surface area contributed by atoms with Gasteiger partial charge >= 0.3 is 35.5 Å². The third-order valence-electron chi connectivity index (χ3n) is 3.59. The zero-order valence-electron chi connectivity index (χ0n) is 14.6. The van der Waals surface area contributed by atoms with Crippen molar-refractivity contribution in [2.75, 3.05) is 0 Å².